The summed E-state index contributed by atoms with van der Waals surface area (Å²) in [5.74, 6) is 8.53. The van der Waals surface area contributed by atoms with E-state index in [9.17, 15) is 0 Å². The molecule has 1 aromatic carbocycles. The van der Waals surface area contributed by atoms with Gasteiger partial charge in [0.1, 0.15) is 17.2 Å². The maximum Gasteiger partial charge on any atom is 0.226 e. The van der Waals surface area contributed by atoms with Crippen LogP contribution in [-0.4, -0.2) is 86.5 Å². The second-order valence-electron chi connectivity index (χ2n) is 10.4. The van der Waals surface area contributed by atoms with Crippen molar-refractivity contribution in [3.8, 4) is 23.4 Å². The van der Waals surface area contributed by atoms with Crippen LogP contribution in [0.3, 0.4) is 0 Å². The number of piperazine rings is 1. The van der Waals surface area contributed by atoms with E-state index >= 15 is 0 Å². The van der Waals surface area contributed by atoms with Gasteiger partial charge < -0.3 is 14.5 Å². The third kappa shape index (κ3) is 5.50. The Morgan fingerprint density at radius 3 is 2.64 bits per heavy atom. The summed E-state index contributed by atoms with van der Waals surface area (Å²) in [6, 6.07) is 11.8. The highest BCUT2D eigenvalue weighted by molar-refractivity contribution is 5.79. The summed E-state index contributed by atoms with van der Waals surface area (Å²) in [6.45, 7) is 7.16. The number of benzene rings is 1. The van der Waals surface area contributed by atoms with Crippen molar-refractivity contribution in [2.24, 2.45) is 0 Å². The average Bonchev–Trinajstić information content (AvgIpc) is 3.70. The number of aromatic amines is 1. The lowest BCUT2D eigenvalue weighted by atomic mass is 10.1. The molecule has 11 heteroatoms. The van der Waals surface area contributed by atoms with Crippen LogP contribution in [0.15, 0.2) is 61.2 Å². The topological polar surface area (TPSA) is 112 Å². The van der Waals surface area contributed by atoms with E-state index in [4.69, 9.17) is 14.7 Å². The van der Waals surface area contributed by atoms with E-state index in [1.165, 1.54) is 11.1 Å². The van der Waals surface area contributed by atoms with Crippen LogP contribution < -0.4 is 9.80 Å². The van der Waals surface area contributed by atoms with Crippen LogP contribution in [0.5, 0.6) is 0 Å². The molecule has 0 spiro atoms. The number of methoxy groups -OCH3 is 1. The number of ether oxygens (including phenoxy) is 1. The quantitative estimate of drug-likeness (QED) is 0.312. The summed E-state index contributed by atoms with van der Waals surface area (Å²) in [6.07, 6.45) is 7.26. The number of anilines is 2. The van der Waals surface area contributed by atoms with Crippen molar-refractivity contribution >= 4 is 22.7 Å². The number of H-pyrrole nitrogens is 1. The van der Waals surface area contributed by atoms with Crippen molar-refractivity contribution in [2.45, 2.75) is 13.1 Å². The second kappa shape index (κ2) is 11.5. The van der Waals surface area contributed by atoms with E-state index < -0.39 is 0 Å². The number of nitrogens with one attached hydrogen (secondary N) is 1. The average molecular weight is 559 g/mol. The molecule has 1 saturated heterocycles. The first-order chi connectivity index (χ1) is 20.7. The number of rotatable bonds is 6. The summed E-state index contributed by atoms with van der Waals surface area (Å²) < 4.78 is 5.23. The molecule has 0 saturated carbocycles. The molecule has 0 aliphatic carbocycles. The van der Waals surface area contributed by atoms with Gasteiger partial charge in [-0.15, -0.1) is 0 Å². The molecule has 0 atom stereocenters. The molecule has 0 amide bonds. The van der Waals surface area contributed by atoms with Crippen LogP contribution in [-0.2, 0) is 17.8 Å². The van der Waals surface area contributed by atoms with Crippen molar-refractivity contribution in [2.75, 3.05) is 56.2 Å². The fraction of sp³-hybridized carbons (Fsp3) is 0.290. The minimum absolute atomic E-state index is 0.515. The summed E-state index contributed by atoms with van der Waals surface area (Å²) in [5, 5.41) is 8.04. The van der Waals surface area contributed by atoms with Gasteiger partial charge in [0.25, 0.3) is 0 Å². The van der Waals surface area contributed by atoms with Gasteiger partial charge in [-0.1, -0.05) is 5.92 Å². The maximum absolute atomic E-state index is 5.23. The molecule has 1 fully saturated rings. The predicted molar refractivity (Wildman–Crippen MR) is 160 cm³/mol. The van der Waals surface area contributed by atoms with E-state index in [0.29, 0.717) is 29.7 Å². The Labute approximate surface area is 243 Å². The van der Waals surface area contributed by atoms with E-state index in [2.05, 4.69) is 57.8 Å². The Morgan fingerprint density at radius 1 is 0.857 bits per heavy atom. The van der Waals surface area contributed by atoms with Gasteiger partial charge in [-0.25, -0.2) is 24.9 Å². The zero-order valence-corrected chi connectivity index (χ0v) is 23.4. The summed E-state index contributed by atoms with van der Waals surface area (Å²) in [4.78, 5) is 30.3. The predicted octanol–water partition coefficient (Wildman–Crippen LogP) is 2.89. The maximum atomic E-state index is 5.23. The molecule has 1 N–H and O–H groups in total. The minimum Gasteiger partial charge on any atom is -0.383 e. The summed E-state index contributed by atoms with van der Waals surface area (Å²) in [5.41, 5.74) is 5.62. The number of hydrogen-bond donors (Lipinski definition) is 1. The van der Waals surface area contributed by atoms with Crippen molar-refractivity contribution in [1.29, 1.82) is 0 Å². The Bertz CT molecular complexity index is 1780. The Kier molecular flexibility index (Phi) is 7.13. The molecule has 11 nitrogen and oxygen atoms in total. The SMILES string of the molecule is COCCN1CCN(c2cc3c(cn2)CN(c2nccc(-c4nccc(C#Cc5ccc6[nH]ncc6c5)n4)n2)C3)CC1. The standard InChI is InChI=1S/C31H30N10O/c1-42-15-14-39-10-12-40(13-11-39)29-17-24-20-41(21-25(24)18-34-29)31-33-9-7-28(37-31)30-32-8-6-26(36-30)4-2-22-3-5-27-23(16-22)19-35-38-27/h3,5-9,16-19H,10-15,20-21H2,1H3,(H,35,38). The smallest absolute Gasteiger partial charge is 0.226 e. The van der Waals surface area contributed by atoms with Gasteiger partial charge in [-0.3, -0.25) is 10.00 Å². The van der Waals surface area contributed by atoms with Crippen LogP contribution in [0.2, 0.25) is 0 Å². The molecule has 0 radical (unpaired) electrons. The van der Waals surface area contributed by atoms with Crippen molar-refractivity contribution in [1.82, 2.24) is 40.0 Å². The van der Waals surface area contributed by atoms with Crippen molar-refractivity contribution in [3.05, 3.63) is 83.6 Å². The normalized spacial score (nSPS) is 15.1. The fourth-order valence-corrected chi connectivity index (χ4v) is 5.34. The number of aromatic nitrogens is 7. The Morgan fingerprint density at radius 2 is 1.74 bits per heavy atom. The van der Waals surface area contributed by atoms with Gasteiger partial charge in [0.15, 0.2) is 5.82 Å². The minimum atomic E-state index is 0.515. The summed E-state index contributed by atoms with van der Waals surface area (Å²) in [7, 11) is 1.75. The van der Waals surface area contributed by atoms with Gasteiger partial charge in [-0.05, 0) is 53.4 Å². The van der Waals surface area contributed by atoms with Crippen molar-refractivity contribution < 1.29 is 4.74 Å². The van der Waals surface area contributed by atoms with Crippen LogP contribution in [0.4, 0.5) is 11.8 Å². The second-order valence-corrected chi connectivity index (χ2v) is 10.4. The van der Waals surface area contributed by atoms with Crippen molar-refractivity contribution in [3.63, 3.8) is 0 Å². The highest BCUT2D eigenvalue weighted by Gasteiger charge is 2.25. The molecule has 6 heterocycles. The molecule has 4 aromatic heterocycles. The van der Waals surface area contributed by atoms with Gasteiger partial charge in [0.05, 0.1) is 18.3 Å². The van der Waals surface area contributed by atoms with Gasteiger partial charge in [0, 0.05) is 82.5 Å². The molecule has 5 aromatic rings. The number of pyridine rings is 1. The molecule has 0 bridgehead atoms. The molecular formula is C31H30N10O. The van der Waals surface area contributed by atoms with Crippen LogP contribution in [0.1, 0.15) is 22.4 Å². The van der Waals surface area contributed by atoms with E-state index in [0.717, 1.165) is 68.2 Å². The fourth-order valence-electron chi connectivity index (χ4n) is 5.34. The Balaban J connectivity index is 1.04. The van der Waals surface area contributed by atoms with Crippen LogP contribution in [0.25, 0.3) is 22.4 Å². The molecule has 7 rings (SSSR count). The largest absolute Gasteiger partial charge is 0.383 e. The third-order valence-corrected chi connectivity index (χ3v) is 7.68. The molecule has 2 aliphatic heterocycles. The molecular weight excluding hydrogens is 528 g/mol. The zero-order valence-electron chi connectivity index (χ0n) is 23.4. The first kappa shape index (κ1) is 26.0. The molecule has 42 heavy (non-hydrogen) atoms. The van der Waals surface area contributed by atoms with Crippen LogP contribution in [0, 0.1) is 11.8 Å². The first-order valence-electron chi connectivity index (χ1n) is 14.0. The number of fused-ring (bicyclic) bond motifs is 2. The highest BCUT2D eigenvalue weighted by Crippen LogP contribution is 2.29. The first-order valence-corrected chi connectivity index (χ1v) is 14.0. The van der Waals surface area contributed by atoms with E-state index in [-0.39, 0.29) is 0 Å². The molecule has 0 unspecified atom stereocenters. The van der Waals surface area contributed by atoms with Gasteiger partial charge >= 0.3 is 0 Å². The monoisotopic (exact) mass is 558 g/mol. The van der Waals surface area contributed by atoms with Crippen LogP contribution >= 0.6 is 0 Å². The molecule has 210 valence electrons. The Hall–Kier alpha value is -4.92. The zero-order chi connectivity index (χ0) is 28.3. The number of hydrogen-bond acceptors (Lipinski definition) is 10. The van der Waals surface area contributed by atoms with Gasteiger partial charge in [0.2, 0.25) is 5.95 Å². The van der Waals surface area contributed by atoms with E-state index in [1.54, 1.807) is 31.8 Å². The third-order valence-electron chi connectivity index (χ3n) is 7.68. The lowest BCUT2D eigenvalue weighted by Gasteiger charge is -2.35. The summed E-state index contributed by atoms with van der Waals surface area (Å²) >= 11 is 0. The molecule has 2 aliphatic rings. The highest BCUT2D eigenvalue weighted by atomic mass is 16.5. The number of nitrogens with zero attached hydrogens (tertiary/aromatic N) is 9. The van der Waals surface area contributed by atoms with E-state index in [1.807, 2.05) is 30.5 Å². The van der Waals surface area contributed by atoms with Gasteiger partial charge in [-0.2, -0.15) is 5.10 Å². The lowest BCUT2D eigenvalue weighted by Crippen LogP contribution is -2.47. The lowest BCUT2D eigenvalue weighted by molar-refractivity contribution is 0.144.